The number of unbranched alkanes of at least 4 members (excludes halogenated alkanes) is 1. The highest BCUT2D eigenvalue weighted by atomic mass is 16.2. The van der Waals surface area contributed by atoms with Crippen molar-refractivity contribution >= 4 is 11.8 Å². The molecule has 0 aliphatic rings. The van der Waals surface area contributed by atoms with E-state index in [9.17, 15) is 9.59 Å². The highest BCUT2D eigenvalue weighted by molar-refractivity contribution is 5.82. The molecule has 3 atom stereocenters. The van der Waals surface area contributed by atoms with Gasteiger partial charge in [0.15, 0.2) is 0 Å². The standard InChI is InChI=1S/C16H33N3O2/c1-6-9-10-19(13(5)8-3)14(20)11-18-15(16(17)21)12(4)7-2/h12-13,15,18H,6-11H2,1-5H3,(H2,17,21). The number of hydrogen-bond acceptors (Lipinski definition) is 3. The van der Waals surface area contributed by atoms with Crippen LogP contribution < -0.4 is 11.1 Å². The summed E-state index contributed by atoms with van der Waals surface area (Å²) in [4.78, 5) is 25.8. The van der Waals surface area contributed by atoms with E-state index in [1.807, 2.05) is 18.7 Å². The minimum atomic E-state index is -0.441. The first-order valence-corrected chi connectivity index (χ1v) is 8.21. The third-order valence-electron chi connectivity index (χ3n) is 4.19. The molecule has 0 aromatic heterocycles. The van der Waals surface area contributed by atoms with Crippen molar-refractivity contribution in [1.82, 2.24) is 10.2 Å². The molecule has 0 aromatic rings. The largest absolute Gasteiger partial charge is 0.368 e. The van der Waals surface area contributed by atoms with Crippen molar-refractivity contribution in [3.8, 4) is 0 Å². The summed E-state index contributed by atoms with van der Waals surface area (Å²) in [5.74, 6) is -0.212. The monoisotopic (exact) mass is 299 g/mol. The average molecular weight is 299 g/mol. The van der Waals surface area contributed by atoms with Crippen LogP contribution in [0.2, 0.25) is 0 Å². The maximum Gasteiger partial charge on any atom is 0.236 e. The van der Waals surface area contributed by atoms with Gasteiger partial charge in [0.2, 0.25) is 11.8 Å². The summed E-state index contributed by atoms with van der Waals surface area (Å²) in [7, 11) is 0. The molecule has 0 saturated heterocycles. The van der Waals surface area contributed by atoms with Crippen LogP contribution in [-0.4, -0.2) is 41.9 Å². The molecule has 2 amide bonds. The SMILES string of the molecule is CCCCN(C(=O)CNC(C(N)=O)C(C)CC)C(C)CC. The molecule has 0 bridgehead atoms. The highest BCUT2D eigenvalue weighted by Crippen LogP contribution is 2.09. The number of nitrogens with two attached hydrogens (primary N) is 1. The number of rotatable bonds is 11. The fourth-order valence-electron chi connectivity index (χ4n) is 2.26. The van der Waals surface area contributed by atoms with Crippen LogP contribution in [0.5, 0.6) is 0 Å². The molecule has 0 radical (unpaired) electrons. The van der Waals surface area contributed by atoms with Gasteiger partial charge in [0.1, 0.15) is 0 Å². The molecular formula is C16H33N3O2. The van der Waals surface area contributed by atoms with Gasteiger partial charge in [-0.25, -0.2) is 0 Å². The minimum absolute atomic E-state index is 0.0485. The lowest BCUT2D eigenvalue weighted by Crippen LogP contribution is -2.51. The van der Waals surface area contributed by atoms with Crippen LogP contribution in [0.25, 0.3) is 0 Å². The van der Waals surface area contributed by atoms with Crippen molar-refractivity contribution < 1.29 is 9.59 Å². The van der Waals surface area contributed by atoms with Crippen molar-refractivity contribution in [3.63, 3.8) is 0 Å². The molecular weight excluding hydrogens is 266 g/mol. The normalized spacial score (nSPS) is 15.3. The lowest BCUT2D eigenvalue weighted by molar-refractivity contribution is -0.132. The van der Waals surface area contributed by atoms with Crippen LogP contribution >= 0.6 is 0 Å². The lowest BCUT2D eigenvalue weighted by Gasteiger charge is -2.30. The predicted molar refractivity (Wildman–Crippen MR) is 86.8 cm³/mol. The summed E-state index contributed by atoms with van der Waals surface area (Å²) < 4.78 is 0. The molecule has 21 heavy (non-hydrogen) atoms. The number of carbonyl (C=O) groups is 2. The highest BCUT2D eigenvalue weighted by Gasteiger charge is 2.24. The first-order valence-electron chi connectivity index (χ1n) is 8.21. The Morgan fingerprint density at radius 3 is 2.19 bits per heavy atom. The van der Waals surface area contributed by atoms with Gasteiger partial charge < -0.3 is 10.6 Å². The number of nitrogens with one attached hydrogen (secondary N) is 1. The maximum atomic E-state index is 12.4. The van der Waals surface area contributed by atoms with Gasteiger partial charge in [-0.2, -0.15) is 0 Å². The number of nitrogens with zero attached hydrogens (tertiary/aromatic N) is 1. The number of carbonyl (C=O) groups excluding carboxylic acids is 2. The third-order valence-corrected chi connectivity index (χ3v) is 4.19. The summed E-state index contributed by atoms with van der Waals surface area (Å²) >= 11 is 0. The van der Waals surface area contributed by atoms with E-state index in [1.165, 1.54) is 0 Å². The Labute approximate surface area is 129 Å². The Bertz CT molecular complexity index is 321. The molecule has 3 N–H and O–H groups in total. The minimum Gasteiger partial charge on any atom is -0.368 e. The molecule has 0 spiro atoms. The second-order valence-electron chi connectivity index (χ2n) is 5.84. The molecule has 124 valence electrons. The molecule has 5 nitrogen and oxygen atoms in total. The van der Waals surface area contributed by atoms with E-state index in [-0.39, 0.29) is 30.3 Å². The second-order valence-corrected chi connectivity index (χ2v) is 5.84. The molecule has 0 saturated carbocycles. The van der Waals surface area contributed by atoms with Crippen LogP contribution in [0.3, 0.4) is 0 Å². The number of primary amides is 1. The second kappa shape index (κ2) is 10.6. The molecule has 5 heteroatoms. The van der Waals surface area contributed by atoms with E-state index >= 15 is 0 Å². The fraction of sp³-hybridized carbons (Fsp3) is 0.875. The van der Waals surface area contributed by atoms with Crippen molar-refractivity contribution in [1.29, 1.82) is 0 Å². The van der Waals surface area contributed by atoms with E-state index in [0.29, 0.717) is 0 Å². The summed E-state index contributed by atoms with van der Waals surface area (Å²) in [6.45, 7) is 11.2. The van der Waals surface area contributed by atoms with Crippen molar-refractivity contribution in [3.05, 3.63) is 0 Å². The Kier molecular flexibility index (Phi) is 10.0. The van der Waals surface area contributed by atoms with Crippen LogP contribution in [-0.2, 0) is 9.59 Å². The van der Waals surface area contributed by atoms with E-state index in [0.717, 1.165) is 32.2 Å². The Hall–Kier alpha value is -1.10. The molecule has 0 aromatic carbocycles. The van der Waals surface area contributed by atoms with Crippen LogP contribution in [0.1, 0.15) is 60.3 Å². The molecule has 0 aliphatic heterocycles. The van der Waals surface area contributed by atoms with Crippen LogP contribution in [0, 0.1) is 5.92 Å². The van der Waals surface area contributed by atoms with Gasteiger partial charge in [0, 0.05) is 12.6 Å². The smallest absolute Gasteiger partial charge is 0.236 e. The van der Waals surface area contributed by atoms with E-state index in [4.69, 9.17) is 5.73 Å². The summed E-state index contributed by atoms with van der Waals surface area (Å²) in [5, 5.41) is 3.04. The van der Waals surface area contributed by atoms with E-state index < -0.39 is 6.04 Å². The van der Waals surface area contributed by atoms with Crippen LogP contribution in [0.4, 0.5) is 0 Å². The van der Waals surface area contributed by atoms with Crippen molar-refractivity contribution in [2.75, 3.05) is 13.1 Å². The van der Waals surface area contributed by atoms with Gasteiger partial charge in [-0.05, 0) is 25.7 Å². The topological polar surface area (TPSA) is 75.4 Å². The van der Waals surface area contributed by atoms with Gasteiger partial charge in [-0.1, -0.05) is 40.5 Å². The molecule has 3 unspecified atom stereocenters. The lowest BCUT2D eigenvalue weighted by atomic mass is 9.98. The van der Waals surface area contributed by atoms with Gasteiger partial charge >= 0.3 is 0 Å². The molecule has 0 rings (SSSR count). The van der Waals surface area contributed by atoms with Gasteiger partial charge in [-0.15, -0.1) is 0 Å². The Morgan fingerprint density at radius 1 is 1.14 bits per heavy atom. The fourth-order valence-corrected chi connectivity index (χ4v) is 2.26. The Morgan fingerprint density at radius 2 is 1.76 bits per heavy atom. The average Bonchev–Trinajstić information content (AvgIpc) is 2.46. The molecule has 0 heterocycles. The van der Waals surface area contributed by atoms with Gasteiger partial charge in [0.25, 0.3) is 0 Å². The van der Waals surface area contributed by atoms with E-state index in [2.05, 4.69) is 26.1 Å². The summed E-state index contributed by atoms with van der Waals surface area (Å²) in [6, 6.07) is -0.217. The van der Waals surface area contributed by atoms with Crippen molar-refractivity contribution in [2.24, 2.45) is 11.7 Å². The number of hydrogen-bond donors (Lipinski definition) is 2. The zero-order valence-electron chi connectivity index (χ0n) is 14.3. The number of amides is 2. The van der Waals surface area contributed by atoms with E-state index in [1.54, 1.807) is 0 Å². The molecule has 0 aliphatic carbocycles. The Balaban J connectivity index is 4.62. The predicted octanol–water partition coefficient (Wildman–Crippen LogP) is 1.90. The first-order chi connectivity index (χ1) is 9.88. The first kappa shape index (κ1) is 19.9. The quantitative estimate of drug-likeness (QED) is 0.612. The zero-order valence-corrected chi connectivity index (χ0v) is 14.3. The maximum absolute atomic E-state index is 12.4. The van der Waals surface area contributed by atoms with Gasteiger partial charge in [0.05, 0.1) is 12.6 Å². The van der Waals surface area contributed by atoms with Crippen LogP contribution in [0.15, 0.2) is 0 Å². The summed E-state index contributed by atoms with van der Waals surface area (Å²) in [6.07, 6.45) is 3.84. The summed E-state index contributed by atoms with van der Waals surface area (Å²) in [5.41, 5.74) is 5.42. The zero-order chi connectivity index (χ0) is 16.4. The third kappa shape index (κ3) is 6.93. The van der Waals surface area contributed by atoms with Gasteiger partial charge in [-0.3, -0.25) is 14.9 Å². The van der Waals surface area contributed by atoms with Crippen molar-refractivity contribution in [2.45, 2.75) is 72.4 Å². The molecule has 0 fully saturated rings.